The zero-order chi connectivity index (χ0) is 25.2. The summed E-state index contributed by atoms with van der Waals surface area (Å²) in [6.07, 6.45) is 4.02. The van der Waals surface area contributed by atoms with E-state index in [4.69, 9.17) is 4.74 Å². The Balaban J connectivity index is 1.70. The van der Waals surface area contributed by atoms with E-state index in [1.165, 1.54) is 0 Å². The number of carbonyl (C=O) groups excluding carboxylic acids is 3. The van der Waals surface area contributed by atoms with Crippen LogP contribution in [-0.2, 0) is 33.8 Å². The summed E-state index contributed by atoms with van der Waals surface area (Å²) >= 11 is 0. The van der Waals surface area contributed by atoms with Gasteiger partial charge in [-0.15, -0.1) is 0 Å². The Kier molecular flexibility index (Phi) is 9.75. The Morgan fingerprint density at radius 3 is 2.66 bits per heavy atom. The van der Waals surface area contributed by atoms with Gasteiger partial charge in [0.25, 0.3) is 0 Å². The number of aromatic nitrogens is 1. The summed E-state index contributed by atoms with van der Waals surface area (Å²) in [4.78, 5) is 42.8. The van der Waals surface area contributed by atoms with E-state index in [1.807, 2.05) is 36.4 Å². The van der Waals surface area contributed by atoms with Crippen molar-refractivity contribution in [2.45, 2.75) is 64.4 Å². The van der Waals surface area contributed by atoms with Crippen LogP contribution >= 0.6 is 0 Å². The van der Waals surface area contributed by atoms with Gasteiger partial charge in [-0.05, 0) is 48.4 Å². The van der Waals surface area contributed by atoms with Gasteiger partial charge in [-0.1, -0.05) is 50.2 Å². The predicted octanol–water partition coefficient (Wildman–Crippen LogP) is 1.87. The number of Topliss-reactive ketones (excluding diaryl/α,β-unsaturated/α-hetero) is 1. The molecule has 188 valence electrons. The normalized spacial score (nSPS) is 19.7. The highest BCUT2D eigenvalue weighted by molar-refractivity contribution is 5.94. The number of aliphatic hydroxyl groups is 1. The number of benzene rings is 1. The average Bonchev–Trinajstić information content (AvgIpc) is 2.85. The number of ether oxygens (including phenoxy) is 1. The molecule has 0 aliphatic carbocycles. The number of hydrogen-bond donors (Lipinski definition) is 4. The number of amides is 2. The third-order valence-corrected chi connectivity index (χ3v) is 5.89. The number of aliphatic hydroxyl groups excluding tert-OH is 1. The van der Waals surface area contributed by atoms with Gasteiger partial charge in [0.15, 0.2) is 12.0 Å². The molecule has 1 aliphatic heterocycles. The molecule has 1 aromatic heterocycles. The summed E-state index contributed by atoms with van der Waals surface area (Å²) in [5, 5.41) is 18.5. The smallest absolute Gasteiger partial charge is 0.408 e. The fourth-order valence-electron chi connectivity index (χ4n) is 3.92. The minimum atomic E-state index is -1.41. The minimum Gasteiger partial charge on any atom is -0.445 e. The molecule has 2 bridgehead atoms. The van der Waals surface area contributed by atoms with E-state index in [2.05, 4.69) is 20.9 Å². The molecule has 3 atom stereocenters. The predicted molar refractivity (Wildman–Crippen MR) is 130 cm³/mol. The molecule has 1 aromatic carbocycles. The molecular formula is C26H34N4O5. The van der Waals surface area contributed by atoms with Crippen LogP contribution in [0.1, 0.15) is 43.4 Å². The average molecular weight is 483 g/mol. The SMILES string of the molecule is CC(C)C(NC(=O)OCc1ccccc1)C(=O)NC1Cc2cncc(c2)CCCCNC(O)C1=O. The monoisotopic (exact) mass is 482 g/mol. The number of nitrogens with zero attached hydrogens (tertiary/aromatic N) is 1. The maximum atomic E-state index is 13.2. The highest BCUT2D eigenvalue weighted by atomic mass is 16.5. The van der Waals surface area contributed by atoms with Crippen molar-refractivity contribution < 1.29 is 24.2 Å². The molecule has 35 heavy (non-hydrogen) atoms. The quantitative estimate of drug-likeness (QED) is 0.495. The van der Waals surface area contributed by atoms with Crippen LogP contribution in [0.3, 0.4) is 0 Å². The summed E-state index contributed by atoms with van der Waals surface area (Å²) in [6.45, 7) is 4.12. The first-order valence-electron chi connectivity index (χ1n) is 12.0. The van der Waals surface area contributed by atoms with Gasteiger partial charge in [-0.2, -0.15) is 0 Å². The maximum absolute atomic E-state index is 13.2. The van der Waals surface area contributed by atoms with Crippen molar-refractivity contribution in [2.75, 3.05) is 6.54 Å². The number of ketones is 1. The van der Waals surface area contributed by atoms with Crippen LogP contribution in [0, 0.1) is 5.92 Å². The number of nitrogens with one attached hydrogen (secondary N) is 3. The molecule has 9 nitrogen and oxygen atoms in total. The van der Waals surface area contributed by atoms with Gasteiger partial charge in [0, 0.05) is 18.8 Å². The lowest BCUT2D eigenvalue weighted by Crippen LogP contribution is -2.57. The van der Waals surface area contributed by atoms with Crippen LogP contribution in [0.5, 0.6) is 0 Å². The summed E-state index contributed by atoms with van der Waals surface area (Å²) < 4.78 is 5.25. The van der Waals surface area contributed by atoms with E-state index in [0.717, 1.165) is 36.0 Å². The largest absolute Gasteiger partial charge is 0.445 e. The second kappa shape index (κ2) is 13.0. The standard InChI is InChI=1S/C26H34N4O5/c1-17(2)22(30-26(34)35-16-18-8-4-3-5-9-18)24(32)29-21-13-20-12-19(14-27-15-20)10-6-7-11-28-25(33)23(21)31/h3-5,8-9,12,14-15,17,21-22,25,28,33H,6-7,10-11,13,16H2,1-2H3,(H,29,32)(H,30,34). The van der Waals surface area contributed by atoms with E-state index >= 15 is 0 Å². The molecule has 9 heteroatoms. The first kappa shape index (κ1) is 26.3. The lowest BCUT2D eigenvalue weighted by atomic mass is 9.98. The van der Waals surface area contributed by atoms with Crippen molar-refractivity contribution in [3.05, 3.63) is 65.5 Å². The molecule has 0 spiro atoms. The first-order valence-corrected chi connectivity index (χ1v) is 12.0. The summed E-state index contributed by atoms with van der Waals surface area (Å²) in [7, 11) is 0. The zero-order valence-electron chi connectivity index (χ0n) is 20.2. The number of alkyl carbamates (subject to hydrolysis) is 1. The van der Waals surface area contributed by atoms with E-state index in [9.17, 15) is 19.5 Å². The third-order valence-electron chi connectivity index (χ3n) is 5.89. The number of rotatable bonds is 6. The maximum Gasteiger partial charge on any atom is 0.408 e. The minimum absolute atomic E-state index is 0.0709. The molecule has 2 heterocycles. The van der Waals surface area contributed by atoms with Crippen LogP contribution in [-0.4, -0.2) is 52.7 Å². The Morgan fingerprint density at radius 1 is 1.17 bits per heavy atom. The molecule has 3 unspecified atom stereocenters. The molecule has 2 aromatic rings. The van der Waals surface area contributed by atoms with Crippen molar-refractivity contribution in [2.24, 2.45) is 5.92 Å². The molecule has 0 saturated heterocycles. The van der Waals surface area contributed by atoms with Crippen molar-refractivity contribution in [1.29, 1.82) is 0 Å². The van der Waals surface area contributed by atoms with Gasteiger partial charge in [-0.3, -0.25) is 19.9 Å². The molecule has 0 radical (unpaired) electrons. The summed E-state index contributed by atoms with van der Waals surface area (Å²) in [5.74, 6) is -1.34. The first-order chi connectivity index (χ1) is 16.8. The zero-order valence-corrected chi connectivity index (χ0v) is 20.2. The number of hydrogen-bond acceptors (Lipinski definition) is 7. The van der Waals surface area contributed by atoms with E-state index in [0.29, 0.717) is 6.54 Å². The molecule has 2 amide bonds. The third kappa shape index (κ3) is 8.15. The summed E-state index contributed by atoms with van der Waals surface area (Å²) in [5.41, 5.74) is 2.67. The lowest BCUT2D eigenvalue weighted by Gasteiger charge is -2.26. The Morgan fingerprint density at radius 2 is 1.91 bits per heavy atom. The number of aryl methyl sites for hydroxylation is 1. The van der Waals surface area contributed by atoms with Gasteiger partial charge in [0.1, 0.15) is 12.6 Å². The molecular weight excluding hydrogens is 448 g/mol. The number of carbonyl (C=O) groups is 3. The molecule has 3 rings (SSSR count). The van der Waals surface area contributed by atoms with Crippen molar-refractivity contribution in [1.82, 2.24) is 20.9 Å². The van der Waals surface area contributed by atoms with Crippen LogP contribution in [0.2, 0.25) is 0 Å². The van der Waals surface area contributed by atoms with Crippen molar-refractivity contribution >= 4 is 17.8 Å². The van der Waals surface area contributed by atoms with Crippen molar-refractivity contribution in [3.63, 3.8) is 0 Å². The highest BCUT2D eigenvalue weighted by Crippen LogP contribution is 2.12. The lowest BCUT2D eigenvalue weighted by molar-refractivity contribution is -0.135. The van der Waals surface area contributed by atoms with Gasteiger partial charge in [-0.25, -0.2) is 4.79 Å². The van der Waals surface area contributed by atoms with Gasteiger partial charge < -0.3 is 20.5 Å². The topological polar surface area (TPSA) is 130 Å². The fourth-order valence-corrected chi connectivity index (χ4v) is 3.92. The molecule has 1 aliphatic rings. The Labute approximate surface area is 205 Å². The van der Waals surface area contributed by atoms with Gasteiger partial charge >= 0.3 is 6.09 Å². The fraction of sp³-hybridized carbons (Fsp3) is 0.462. The Bertz CT molecular complexity index is 998. The van der Waals surface area contributed by atoms with Crippen molar-refractivity contribution in [3.8, 4) is 0 Å². The van der Waals surface area contributed by atoms with Gasteiger partial charge in [0.2, 0.25) is 5.91 Å². The molecule has 4 N–H and O–H groups in total. The number of pyridine rings is 1. The second-order valence-corrected chi connectivity index (χ2v) is 9.11. The molecule has 0 saturated carbocycles. The van der Waals surface area contributed by atoms with E-state index in [1.54, 1.807) is 26.2 Å². The van der Waals surface area contributed by atoms with Gasteiger partial charge in [0.05, 0.1) is 6.04 Å². The Hall–Kier alpha value is -3.30. The number of fused-ring (bicyclic) bond motifs is 2. The highest BCUT2D eigenvalue weighted by Gasteiger charge is 2.32. The summed E-state index contributed by atoms with van der Waals surface area (Å²) in [6, 6.07) is 9.26. The van der Waals surface area contributed by atoms with Crippen LogP contribution < -0.4 is 16.0 Å². The molecule has 0 fully saturated rings. The second-order valence-electron chi connectivity index (χ2n) is 9.11. The van der Waals surface area contributed by atoms with E-state index in [-0.39, 0.29) is 18.9 Å². The van der Waals surface area contributed by atoms with E-state index < -0.39 is 36.1 Å². The van der Waals surface area contributed by atoms with Crippen LogP contribution in [0.15, 0.2) is 48.8 Å². The van der Waals surface area contributed by atoms with Crippen LogP contribution in [0.4, 0.5) is 4.79 Å². The van der Waals surface area contributed by atoms with Crippen LogP contribution in [0.25, 0.3) is 0 Å².